The van der Waals surface area contributed by atoms with Crippen molar-refractivity contribution in [2.24, 2.45) is 5.92 Å². The summed E-state index contributed by atoms with van der Waals surface area (Å²) in [4.78, 5) is 29.0. The first kappa shape index (κ1) is 16.0. The molecule has 0 N–H and O–H groups in total. The van der Waals surface area contributed by atoms with Crippen LogP contribution in [0.4, 0.5) is 0 Å². The summed E-state index contributed by atoms with van der Waals surface area (Å²) in [5.74, 6) is 0.636. The molecule has 0 bridgehead atoms. The van der Waals surface area contributed by atoms with Gasteiger partial charge in [0.15, 0.2) is 0 Å². The van der Waals surface area contributed by atoms with Crippen molar-refractivity contribution in [1.82, 2.24) is 9.80 Å². The maximum Gasteiger partial charge on any atom is 0.254 e. The molecule has 0 spiro atoms. The summed E-state index contributed by atoms with van der Waals surface area (Å²) in [5, 5.41) is 0. The van der Waals surface area contributed by atoms with Crippen molar-refractivity contribution >= 4 is 11.8 Å². The lowest BCUT2D eigenvalue weighted by atomic mass is 10.0. The Hall–Kier alpha value is -1.84. The summed E-state index contributed by atoms with van der Waals surface area (Å²) in [6.45, 7) is 6.62. The normalized spacial score (nSPS) is 19.2. The molecule has 0 atom stereocenters. The standard InChI is InChI=1S/C19H26N2O2/c1-14-7-8-15(2)17(13-14)19(23)21-11-9-20(10-12-21)18(22)16-5-3-4-6-16/h7-8,13,16H,3-6,9-12H2,1-2H3. The number of hydrogen-bond acceptors (Lipinski definition) is 2. The molecule has 1 saturated carbocycles. The van der Waals surface area contributed by atoms with E-state index < -0.39 is 0 Å². The Morgan fingerprint density at radius 1 is 0.957 bits per heavy atom. The number of hydrogen-bond donors (Lipinski definition) is 0. The summed E-state index contributed by atoms with van der Waals surface area (Å²) in [6.07, 6.45) is 4.45. The van der Waals surface area contributed by atoms with Gasteiger partial charge in [0.2, 0.25) is 5.91 Å². The molecule has 124 valence electrons. The van der Waals surface area contributed by atoms with Crippen LogP contribution in [0.25, 0.3) is 0 Å². The number of rotatable bonds is 2. The third-order valence-electron chi connectivity index (χ3n) is 5.21. The summed E-state index contributed by atoms with van der Waals surface area (Å²) < 4.78 is 0. The van der Waals surface area contributed by atoms with Crippen LogP contribution in [-0.2, 0) is 4.79 Å². The van der Waals surface area contributed by atoms with Gasteiger partial charge in [-0.25, -0.2) is 0 Å². The maximum absolute atomic E-state index is 12.7. The van der Waals surface area contributed by atoms with Gasteiger partial charge in [-0.3, -0.25) is 9.59 Å². The molecule has 1 aliphatic carbocycles. The summed E-state index contributed by atoms with van der Waals surface area (Å²) in [7, 11) is 0. The highest BCUT2D eigenvalue weighted by Crippen LogP contribution is 2.27. The van der Waals surface area contributed by atoms with Crippen molar-refractivity contribution in [3.63, 3.8) is 0 Å². The van der Waals surface area contributed by atoms with E-state index in [9.17, 15) is 9.59 Å². The molecule has 0 radical (unpaired) electrons. The molecular formula is C19H26N2O2. The second-order valence-electron chi connectivity index (χ2n) is 6.92. The Bertz CT molecular complexity index is 597. The van der Waals surface area contributed by atoms with Crippen LogP contribution < -0.4 is 0 Å². The van der Waals surface area contributed by atoms with Crippen molar-refractivity contribution in [2.75, 3.05) is 26.2 Å². The van der Waals surface area contributed by atoms with Crippen molar-refractivity contribution in [2.45, 2.75) is 39.5 Å². The second-order valence-corrected chi connectivity index (χ2v) is 6.92. The average Bonchev–Trinajstić information content (AvgIpc) is 3.10. The molecule has 4 heteroatoms. The van der Waals surface area contributed by atoms with Gasteiger partial charge in [-0.1, -0.05) is 30.5 Å². The third-order valence-corrected chi connectivity index (χ3v) is 5.21. The molecule has 4 nitrogen and oxygen atoms in total. The number of piperazine rings is 1. The molecule has 2 aliphatic rings. The fourth-order valence-corrected chi connectivity index (χ4v) is 3.70. The minimum atomic E-state index is 0.0964. The Labute approximate surface area is 138 Å². The lowest BCUT2D eigenvalue weighted by molar-refractivity contribution is -0.136. The Balaban J connectivity index is 1.61. The Morgan fingerprint density at radius 3 is 2.22 bits per heavy atom. The first-order valence-electron chi connectivity index (χ1n) is 8.71. The highest BCUT2D eigenvalue weighted by atomic mass is 16.2. The molecule has 1 aromatic carbocycles. The number of benzene rings is 1. The zero-order valence-electron chi connectivity index (χ0n) is 14.2. The van der Waals surface area contributed by atoms with Crippen LogP contribution in [0.3, 0.4) is 0 Å². The fraction of sp³-hybridized carbons (Fsp3) is 0.579. The highest BCUT2D eigenvalue weighted by molar-refractivity contribution is 5.96. The number of amides is 2. The van der Waals surface area contributed by atoms with Gasteiger partial charge in [0.25, 0.3) is 5.91 Å². The van der Waals surface area contributed by atoms with Gasteiger partial charge in [-0.2, -0.15) is 0 Å². The Kier molecular flexibility index (Phi) is 4.69. The summed E-state index contributed by atoms with van der Waals surface area (Å²) in [6, 6.07) is 6.00. The molecule has 0 aromatic heterocycles. The topological polar surface area (TPSA) is 40.6 Å². The first-order chi connectivity index (χ1) is 11.1. The zero-order chi connectivity index (χ0) is 16.4. The zero-order valence-corrected chi connectivity index (χ0v) is 14.2. The molecule has 1 aliphatic heterocycles. The highest BCUT2D eigenvalue weighted by Gasteiger charge is 2.30. The van der Waals surface area contributed by atoms with Crippen LogP contribution in [0.2, 0.25) is 0 Å². The smallest absolute Gasteiger partial charge is 0.254 e. The molecule has 1 heterocycles. The van der Waals surface area contributed by atoms with Gasteiger partial charge in [0.05, 0.1) is 0 Å². The van der Waals surface area contributed by atoms with Gasteiger partial charge < -0.3 is 9.80 Å². The van der Waals surface area contributed by atoms with Crippen LogP contribution in [-0.4, -0.2) is 47.8 Å². The van der Waals surface area contributed by atoms with E-state index in [2.05, 4.69) is 0 Å². The molecule has 0 unspecified atom stereocenters. The predicted molar refractivity (Wildman–Crippen MR) is 90.4 cm³/mol. The minimum Gasteiger partial charge on any atom is -0.339 e. The van der Waals surface area contributed by atoms with Crippen molar-refractivity contribution in [3.05, 3.63) is 34.9 Å². The van der Waals surface area contributed by atoms with Gasteiger partial charge >= 0.3 is 0 Å². The molecule has 1 aromatic rings. The molecule has 3 rings (SSSR count). The van der Waals surface area contributed by atoms with Crippen LogP contribution in [0.5, 0.6) is 0 Å². The Morgan fingerprint density at radius 2 is 1.57 bits per heavy atom. The van der Waals surface area contributed by atoms with Crippen LogP contribution >= 0.6 is 0 Å². The van der Waals surface area contributed by atoms with Gasteiger partial charge in [-0.05, 0) is 38.3 Å². The molecule has 1 saturated heterocycles. The number of nitrogens with zero attached hydrogens (tertiary/aromatic N) is 2. The molecule has 2 amide bonds. The van der Waals surface area contributed by atoms with Gasteiger partial charge in [0, 0.05) is 37.7 Å². The van der Waals surface area contributed by atoms with E-state index in [0.29, 0.717) is 32.1 Å². The van der Waals surface area contributed by atoms with E-state index in [1.54, 1.807) is 0 Å². The molecule has 2 fully saturated rings. The van der Waals surface area contributed by atoms with E-state index in [4.69, 9.17) is 0 Å². The van der Waals surface area contributed by atoms with E-state index in [1.165, 1.54) is 12.8 Å². The monoisotopic (exact) mass is 314 g/mol. The average molecular weight is 314 g/mol. The van der Waals surface area contributed by atoms with Gasteiger partial charge in [0.1, 0.15) is 0 Å². The number of carbonyl (C=O) groups excluding carboxylic acids is 2. The second kappa shape index (κ2) is 6.73. The quantitative estimate of drug-likeness (QED) is 0.842. The minimum absolute atomic E-state index is 0.0964. The van der Waals surface area contributed by atoms with Crippen LogP contribution in [0, 0.1) is 19.8 Å². The van der Waals surface area contributed by atoms with Crippen molar-refractivity contribution < 1.29 is 9.59 Å². The molecule has 23 heavy (non-hydrogen) atoms. The van der Waals surface area contributed by atoms with E-state index >= 15 is 0 Å². The van der Waals surface area contributed by atoms with Crippen LogP contribution in [0.1, 0.15) is 47.2 Å². The summed E-state index contributed by atoms with van der Waals surface area (Å²) in [5.41, 5.74) is 2.92. The lowest BCUT2D eigenvalue weighted by Gasteiger charge is -2.36. The lowest BCUT2D eigenvalue weighted by Crippen LogP contribution is -2.51. The maximum atomic E-state index is 12.7. The summed E-state index contributed by atoms with van der Waals surface area (Å²) >= 11 is 0. The van der Waals surface area contributed by atoms with E-state index in [0.717, 1.165) is 29.5 Å². The van der Waals surface area contributed by atoms with Gasteiger partial charge in [-0.15, -0.1) is 0 Å². The molecular weight excluding hydrogens is 288 g/mol. The SMILES string of the molecule is Cc1ccc(C)c(C(=O)N2CCN(C(=O)C3CCCC3)CC2)c1. The first-order valence-corrected chi connectivity index (χ1v) is 8.71. The van der Waals surface area contributed by atoms with E-state index in [1.807, 2.05) is 41.8 Å². The fourth-order valence-electron chi connectivity index (χ4n) is 3.70. The predicted octanol–water partition coefficient (Wildman–Crippen LogP) is 2.78. The number of carbonyl (C=O) groups is 2. The van der Waals surface area contributed by atoms with E-state index in [-0.39, 0.29) is 11.8 Å². The largest absolute Gasteiger partial charge is 0.339 e. The van der Waals surface area contributed by atoms with Crippen molar-refractivity contribution in [3.8, 4) is 0 Å². The third kappa shape index (κ3) is 3.41. The van der Waals surface area contributed by atoms with Crippen molar-refractivity contribution in [1.29, 1.82) is 0 Å². The van der Waals surface area contributed by atoms with Crippen LogP contribution in [0.15, 0.2) is 18.2 Å². The number of aryl methyl sites for hydroxylation is 2.